The Balaban J connectivity index is 2.10. The molecule has 0 unspecified atom stereocenters. The lowest BCUT2D eigenvalue weighted by atomic mass is 10.2. The summed E-state index contributed by atoms with van der Waals surface area (Å²) in [6.45, 7) is 3.20. The summed E-state index contributed by atoms with van der Waals surface area (Å²) in [4.78, 5) is 4.17. The van der Waals surface area contributed by atoms with Gasteiger partial charge < -0.3 is 9.47 Å². The zero-order valence-electron chi connectivity index (χ0n) is 11.5. The van der Waals surface area contributed by atoms with Gasteiger partial charge in [0, 0.05) is 12.6 Å². The van der Waals surface area contributed by atoms with Gasteiger partial charge in [-0.15, -0.1) is 0 Å². The lowest BCUT2D eigenvalue weighted by Crippen LogP contribution is -2.08. The summed E-state index contributed by atoms with van der Waals surface area (Å²) < 4.78 is 12.7. The van der Waals surface area contributed by atoms with E-state index in [0.717, 1.165) is 18.8 Å². The van der Waals surface area contributed by atoms with E-state index >= 15 is 0 Å². The second kappa shape index (κ2) is 6.57. The predicted molar refractivity (Wildman–Crippen MR) is 72.4 cm³/mol. The maximum atomic E-state index is 8.86. The molecule has 0 aliphatic carbocycles. The summed E-state index contributed by atoms with van der Waals surface area (Å²) in [5.41, 5.74) is 0.531. The van der Waals surface area contributed by atoms with Crippen LogP contribution in [0.2, 0.25) is 0 Å². The zero-order chi connectivity index (χ0) is 14.4. The Bertz CT molecular complexity index is 616. The highest BCUT2D eigenvalue weighted by Gasteiger charge is 2.09. The fraction of sp³-hybridized carbons (Fsp3) is 0.357. The third kappa shape index (κ3) is 3.06. The molecule has 20 heavy (non-hydrogen) atoms. The van der Waals surface area contributed by atoms with E-state index in [-0.39, 0.29) is 0 Å². The van der Waals surface area contributed by atoms with E-state index in [9.17, 15) is 0 Å². The highest BCUT2D eigenvalue weighted by molar-refractivity contribution is 5.46. The van der Waals surface area contributed by atoms with E-state index in [4.69, 9.17) is 14.7 Å². The van der Waals surface area contributed by atoms with Crippen molar-refractivity contribution in [2.24, 2.45) is 0 Å². The van der Waals surface area contributed by atoms with Gasteiger partial charge in [-0.1, -0.05) is 6.92 Å². The van der Waals surface area contributed by atoms with Gasteiger partial charge in [0.2, 0.25) is 0 Å². The molecule has 0 spiro atoms. The Morgan fingerprint density at radius 1 is 1.35 bits per heavy atom. The van der Waals surface area contributed by atoms with Gasteiger partial charge in [-0.2, -0.15) is 10.4 Å². The smallest absolute Gasteiger partial charge is 0.164 e. The molecule has 0 amide bonds. The van der Waals surface area contributed by atoms with Crippen LogP contribution in [0.15, 0.2) is 24.5 Å². The molecule has 0 aliphatic heterocycles. The van der Waals surface area contributed by atoms with Gasteiger partial charge in [-0.25, -0.2) is 9.67 Å². The van der Waals surface area contributed by atoms with Gasteiger partial charge in [0.25, 0.3) is 0 Å². The first-order chi connectivity index (χ1) is 9.78. The molecule has 0 fully saturated rings. The van der Waals surface area contributed by atoms with Crippen LogP contribution < -0.4 is 9.47 Å². The van der Waals surface area contributed by atoms with Crippen LogP contribution in [0, 0.1) is 11.3 Å². The molecule has 0 aliphatic rings. The molecule has 1 aromatic heterocycles. The fourth-order valence-electron chi connectivity index (χ4n) is 1.80. The Hall–Kier alpha value is -2.55. The number of rotatable bonds is 6. The minimum atomic E-state index is 0.308. The highest BCUT2D eigenvalue weighted by atomic mass is 16.5. The van der Waals surface area contributed by atoms with Crippen LogP contribution >= 0.6 is 0 Å². The molecular formula is C14H16N4O2. The van der Waals surface area contributed by atoms with Crippen LogP contribution in [-0.2, 0) is 13.2 Å². The largest absolute Gasteiger partial charge is 0.493 e. The highest BCUT2D eigenvalue weighted by Crippen LogP contribution is 2.28. The van der Waals surface area contributed by atoms with Crippen LogP contribution in [0.3, 0.4) is 0 Å². The molecule has 0 atom stereocenters. The second-order valence-corrected chi connectivity index (χ2v) is 4.17. The standard InChI is InChI=1S/C14H16N4O2/c1-3-6-18-14(16-10-17-18)9-20-12-5-4-11(8-15)7-13(12)19-2/h4-5,7,10H,3,6,9H2,1-2H3. The Morgan fingerprint density at radius 2 is 2.20 bits per heavy atom. The van der Waals surface area contributed by atoms with E-state index in [2.05, 4.69) is 23.1 Å². The van der Waals surface area contributed by atoms with Crippen LogP contribution in [0.25, 0.3) is 0 Å². The molecule has 1 heterocycles. The number of methoxy groups -OCH3 is 1. The number of nitrogens with zero attached hydrogens (tertiary/aromatic N) is 4. The monoisotopic (exact) mass is 272 g/mol. The Kier molecular flexibility index (Phi) is 4.56. The molecule has 0 bridgehead atoms. The summed E-state index contributed by atoms with van der Waals surface area (Å²) in [6.07, 6.45) is 2.50. The summed E-state index contributed by atoms with van der Waals surface area (Å²) in [6, 6.07) is 7.12. The van der Waals surface area contributed by atoms with Gasteiger partial charge in [-0.05, 0) is 18.6 Å². The van der Waals surface area contributed by atoms with Crippen molar-refractivity contribution in [2.75, 3.05) is 7.11 Å². The summed E-state index contributed by atoms with van der Waals surface area (Å²) in [7, 11) is 1.54. The van der Waals surface area contributed by atoms with Crippen molar-refractivity contribution in [3.8, 4) is 17.6 Å². The average Bonchev–Trinajstić information content (AvgIpc) is 2.92. The van der Waals surface area contributed by atoms with E-state index in [0.29, 0.717) is 23.7 Å². The van der Waals surface area contributed by atoms with Crippen LogP contribution in [-0.4, -0.2) is 21.9 Å². The van der Waals surface area contributed by atoms with Crippen molar-refractivity contribution in [1.82, 2.24) is 14.8 Å². The maximum absolute atomic E-state index is 8.86. The third-order valence-electron chi connectivity index (χ3n) is 2.78. The Labute approximate surface area is 117 Å². The van der Waals surface area contributed by atoms with E-state index in [1.807, 2.05) is 4.68 Å². The minimum Gasteiger partial charge on any atom is -0.493 e. The predicted octanol–water partition coefficient (Wildman–Crippen LogP) is 2.15. The van der Waals surface area contributed by atoms with Gasteiger partial charge in [0.05, 0.1) is 18.7 Å². The molecule has 104 valence electrons. The van der Waals surface area contributed by atoms with Gasteiger partial charge in [0.15, 0.2) is 17.3 Å². The second-order valence-electron chi connectivity index (χ2n) is 4.17. The number of aromatic nitrogens is 3. The topological polar surface area (TPSA) is 73.0 Å². The number of hydrogen-bond acceptors (Lipinski definition) is 5. The van der Waals surface area contributed by atoms with Crippen molar-refractivity contribution in [2.45, 2.75) is 26.5 Å². The number of aryl methyl sites for hydroxylation is 1. The average molecular weight is 272 g/mol. The van der Waals surface area contributed by atoms with Gasteiger partial charge in [-0.3, -0.25) is 0 Å². The van der Waals surface area contributed by atoms with Crippen LogP contribution in [0.1, 0.15) is 24.7 Å². The van der Waals surface area contributed by atoms with Crippen molar-refractivity contribution in [3.05, 3.63) is 35.9 Å². The third-order valence-corrected chi connectivity index (χ3v) is 2.78. The molecule has 0 radical (unpaired) electrons. The first-order valence-corrected chi connectivity index (χ1v) is 6.36. The van der Waals surface area contributed by atoms with Crippen molar-refractivity contribution >= 4 is 0 Å². The normalized spacial score (nSPS) is 10.1. The van der Waals surface area contributed by atoms with Crippen molar-refractivity contribution in [3.63, 3.8) is 0 Å². The van der Waals surface area contributed by atoms with Gasteiger partial charge >= 0.3 is 0 Å². The maximum Gasteiger partial charge on any atom is 0.164 e. The molecule has 0 saturated heterocycles. The SMILES string of the molecule is CCCn1ncnc1COc1ccc(C#N)cc1OC. The summed E-state index contributed by atoms with van der Waals surface area (Å²) >= 11 is 0. The minimum absolute atomic E-state index is 0.308. The van der Waals surface area contributed by atoms with Crippen LogP contribution in [0.5, 0.6) is 11.5 Å². The van der Waals surface area contributed by atoms with Crippen molar-refractivity contribution < 1.29 is 9.47 Å². The van der Waals surface area contributed by atoms with Gasteiger partial charge in [0.1, 0.15) is 12.9 Å². The quantitative estimate of drug-likeness (QED) is 0.805. The molecule has 1 aromatic carbocycles. The zero-order valence-corrected chi connectivity index (χ0v) is 11.5. The first-order valence-electron chi connectivity index (χ1n) is 6.36. The van der Waals surface area contributed by atoms with Crippen molar-refractivity contribution in [1.29, 1.82) is 5.26 Å². The lowest BCUT2D eigenvalue weighted by Gasteiger charge is -2.11. The summed E-state index contributed by atoms with van der Waals surface area (Å²) in [5.74, 6) is 1.88. The number of benzene rings is 1. The number of ether oxygens (including phenoxy) is 2. The molecular weight excluding hydrogens is 256 g/mol. The molecule has 2 aromatic rings. The number of nitriles is 1. The van der Waals surface area contributed by atoms with E-state index < -0.39 is 0 Å². The molecule has 6 heteroatoms. The van der Waals surface area contributed by atoms with Crippen LogP contribution in [0.4, 0.5) is 0 Å². The van der Waals surface area contributed by atoms with E-state index in [1.165, 1.54) is 6.33 Å². The number of hydrogen-bond donors (Lipinski definition) is 0. The van der Waals surface area contributed by atoms with E-state index in [1.54, 1.807) is 25.3 Å². The molecule has 0 N–H and O–H groups in total. The molecule has 0 saturated carbocycles. The summed E-state index contributed by atoms with van der Waals surface area (Å²) in [5, 5.41) is 13.0. The molecule has 2 rings (SSSR count). The first kappa shape index (κ1) is 13.9. The Morgan fingerprint density at radius 3 is 2.90 bits per heavy atom. The molecule has 6 nitrogen and oxygen atoms in total. The lowest BCUT2D eigenvalue weighted by molar-refractivity contribution is 0.269. The fourth-order valence-corrected chi connectivity index (χ4v) is 1.80.